The molecule has 0 bridgehead atoms. The van der Waals surface area contributed by atoms with Crippen molar-refractivity contribution in [3.05, 3.63) is 66.0 Å². The van der Waals surface area contributed by atoms with Gasteiger partial charge in [-0.05, 0) is 30.5 Å². The average molecular weight is 349 g/mol. The predicted octanol–water partition coefficient (Wildman–Crippen LogP) is 3.97. The largest absolute Gasteiger partial charge is 0.387 e. The van der Waals surface area contributed by atoms with Gasteiger partial charge in [-0.3, -0.25) is 0 Å². The Labute approximate surface area is 155 Å². The van der Waals surface area contributed by atoms with Gasteiger partial charge in [0, 0.05) is 32.1 Å². The molecular formula is C22H27N3O. The van der Waals surface area contributed by atoms with E-state index >= 15 is 0 Å². The minimum absolute atomic E-state index is 0.409. The molecule has 1 saturated heterocycles. The highest BCUT2D eigenvalue weighted by Crippen LogP contribution is 2.29. The lowest BCUT2D eigenvalue weighted by molar-refractivity contribution is 0.0907. The van der Waals surface area contributed by atoms with Gasteiger partial charge in [0.2, 0.25) is 0 Å². The van der Waals surface area contributed by atoms with E-state index in [9.17, 15) is 5.11 Å². The van der Waals surface area contributed by atoms with Crippen LogP contribution in [-0.4, -0.2) is 39.2 Å². The van der Waals surface area contributed by atoms with Crippen LogP contribution in [0.1, 0.15) is 43.3 Å². The Kier molecular flexibility index (Phi) is 5.05. The van der Waals surface area contributed by atoms with E-state index in [1.165, 1.54) is 11.3 Å². The molecule has 26 heavy (non-hydrogen) atoms. The summed E-state index contributed by atoms with van der Waals surface area (Å²) < 4.78 is 2.46. The van der Waals surface area contributed by atoms with Crippen LogP contribution in [0.4, 0.5) is 0 Å². The molecule has 1 aromatic heterocycles. The van der Waals surface area contributed by atoms with Crippen LogP contribution in [0.3, 0.4) is 0 Å². The van der Waals surface area contributed by atoms with Crippen molar-refractivity contribution in [2.45, 2.75) is 38.3 Å². The Morgan fingerprint density at radius 2 is 1.73 bits per heavy atom. The van der Waals surface area contributed by atoms with E-state index in [2.05, 4.69) is 40.7 Å². The summed E-state index contributed by atoms with van der Waals surface area (Å²) in [6, 6.07) is 18.9. The lowest BCUT2D eigenvalue weighted by Crippen LogP contribution is -2.37. The first-order valence-electron chi connectivity index (χ1n) is 9.67. The summed E-state index contributed by atoms with van der Waals surface area (Å²) >= 11 is 0. The molecule has 2 heterocycles. The Morgan fingerprint density at radius 3 is 2.46 bits per heavy atom. The quantitative estimate of drug-likeness (QED) is 0.758. The maximum absolute atomic E-state index is 10.5. The number of hydrogen-bond donors (Lipinski definition) is 1. The second-order valence-corrected chi connectivity index (χ2v) is 7.20. The average Bonchev–Trinajstić information content (AvgIpc) is 3.08. The van der Waals surface area contributed by atoms with Crippen LogP contribution in [-0.2, 0) is 6.42 Å². The smallest absolute Gasteiger partial charge is 0.109 e. The molecule has 1 fully saturated rings. The Hall–Kier alpha value is -2.17. The number of aryl methyl sites for hydroxylation is 1. The maximum Gasteiger partial charge on any atom is 0.109 e. The van der Waals surface area contributed by atoms with Gasteiger partial charge in [-0.15, -0.1) is 0 Å². The van der Waals surface area contributed by atoms with Crippen LogP contribution < -0.4 is 0 Å². The summed E-state index contributed by atoms with van der Waals surface area (Å²) in [7, 11) is 0. The summed E-state index contributed by atoms with van der Waals surface area (Å²) in [6.07, 6.45) is 2.76. The normalized spacial score (nSPS) is 17.6. The molecule has 136 valence electrons. The van der Waals surface area contributed by atoms with E-state index in [0.29, 0.717) is 12.6 Å². The van der Waals surface area contributed by atoms with Crippen LogP contribution in [0.25, 0.3) is 11.0 Å². The van der Waals surface area contributed by atoms with E-state index in [4.69, 9.17) is 4.98 Å². The van der Waals surface area contributed by atoms with Gasteiger partial charge < -0.3 is 14.6 Å². The predicted molar refractivity (Wildman–Crippen MR) is 105 cm³/mol. The maximum atomic E-state index is 10.5. The zero-order valence-electron chi connectivity index (χ0n) is 15.4. The molecule has 0 aliphatic carbocycles. The van der Waals surface area contributed by atoms with Crippen LogP contribution in [0.15, 0.2) is 54.6 Å². The summed E-state index contributed by atoms with van der Waals surface area (Å²) in [4.78, 5) is 7.21. The summed E-state index contributed by atoms with van der Waals surface area (Å²) in [5.74, 6) is 1.19. The number of para-hydroxylation sites is 2. The Bertz CT molecular complexity index is 850. The van der Waals surface area contributed by atoms with Crippen molar-refractivity contribution in [3.63, 3.8) is 0 Å². The summed E-state index contributed by atoms with van der Waals surface area (Å²) in [5.41, 5.74) is 3.36. The molecule has 2 aromatic carbocycles. The summed E-state index contributed by atoms with van der Waals surface area (Å²) in [5, 5.41) is 10.5. The number of aliphatic hydroxyl groups excluding tert-OH is 1. The second-order valence-electron chi connectivity index (χ2n) is 7.20. The highest BCUT2D eigenvalue weighted by atomic mass is 16.3. The number of β-amino-alcohol motifs (C(OH)–C–C–N with tert-alkyl or cyclic N) is 1. The number of fused-ring (bicyclic) bond motifs is 1. The first kappa shape index (κ1) is 17.3. The number of aliphatic hydroxyl groups is 1. The number of hydrogen-bond acceptors (Lipinski definition) is 3. The fourth-order valence-corrected chi connectivity index (χ4v) is 4.14. The standard InChI is InChI=1S/C22H27N3O/c1-2-22-23-19-10-6-7-11-20(19)25(22)18-12-14-24(15-13-18)16-21(26)17-8-4-3-5-9-17/h3-11,18,21,26H,2,12-16H2,1H3. The summed E-state index contributed by atoms with van der Waals surface area (Å²) in [6.45, 7) is 4.93. The van der Waals surface area contributed by atoms with E-state index in [1.54, 1.807) is 0 Å². The van der Waals surface area contributed by atoms with E-state index < -0.39 is 6.10 Å². The van der Waals surface area contributed by atoms with Crippen molar-refractivity contribution in [1.29, 1.82) is 0 Å². The Morgan fingerprint density at radius 1 is 1.04 bits per heavy atom. The molecule has 0 amide bonds. The molecule has 4 heteroatoms. The number of nitrogens with zero attached hydrogens (tertiary/aromatic N) is 3. The number of likely N-dealkylation sites (tertiary alicyclic amines) is 1. The van der Waals surface area contributed by atoms with Crippen molar-refractivity contribution in [2.24, 2.45) is 0 Å². The number of aromatic nitrogens is 2. The highest BCUT2D eigenvalue weighted by molar-refractivity contribution is 5.76. The molecule has 1 unspecified atom stereocenters. The number of benzene rings is 2. The van der Waals surface area contributed by atoms with E-state index in [0.717, 1.165) is 43.4 Å². The minimum Gasteiger partial charge on any atom is -0.387 e. The molecule has 1 aliphatic rings. The van der Waals surface area contributed by atoms with Crippen molar-refractivity contribution in [1.82, 2.24) is 14.5 Å². The minimum atomic E-state index is -0.409. The van der Waals surface area contributed by atoms with Gasteiger partial charge in [-0.25, -0.2) is 4.98 Å². The van der Waals surface area contributed by atoms with Gasteiger partial charge in [0.1, 0.15) is 5.82 Å². The first-order valence-corrected chi connectivity index (χ1v) is 9.67. The van der Waals surface area contributed by atoms with Crippen molar-refractivity contribution < 1.29 is 5.11 Å². The fourth-order valence-electron chi connectivity index (χ4n) is 4.14. The van der Waals surface area contributed by atoms with Gasteiger partial charge in [0.15, 0.2) is 0 Å². The Balaban J connectivity index is 1.44. The molecule has 0 spiro atoms. The van der Waals surface area contributed by atoms with Crippen LogP contribution in [0.5, 0.6) is 0 Å². The third-order valence-electron chi connectivity index (χ3n) is 5.52. The molecule has 0 radical (unpaired) electrons. The molecule has 4 nitrogen and oxygen atoms in total. The second kappa shape index (κ2) is 7.60. The van der Waals surface area contributed by atoms with Crippen molar-refractivity contribution >= 4 is 11.0 Å². The van der Waals surface area contributed by atoms with Gasteiger partial charge in [0.25, 0.3) is 0 Å². The fraction of sp³-hybridized carbons (Fsp3) is 0.409. The third kappa shape index (κ3) is 3.39. The zero-order valence-corrected chi connectivity index (χ0v) is 15.4. The molecule has 3 aromatic rings. The molecule has 1 atom stereocenters. The molecular weight excluding hydrogens is 322 g/mol. The van der Waals surface area contributed by atoms with Gasteiger partial charge in [-0.2, -0.15) is 0 Å². The van der Waals surface area contributed by atoms with Crippen molar-refractivity contribution in [3.8, 4) is 0 Å². The number of rotatable bonds is 5. The van der Waals surface area contributed by atoms with Gasteiger partial charge >= 0.3 is 0 Å². The SMILES string of the molecule is CCc1nc2ccccc2n1C1CCN(CC(O)c2ccccc2)CC1. The molecule has 0 saturated carbocycles. The zero-order chi connectivity index (χ0) is 17.9. The number of piperidine rings is 1. The lowest BCUT2D eigenvalue weighted by atomic mass is 10.0. The van der Waals surface area contributed by atoms with E-state index in [-0.39, 0.29) is 0 Å². The molecule has 4 rings (SSSR count). The topological polar surface area (TPSA) is 41.3 Å². The molecule has 1 N–H and O–H groups in total. The number of imidazole rings is 1. The lowest BCUT2D eigenvalue weighted by Gasteiger charge is -2.34. The monoisotopic (exact) mass is 349 g/mol. The van der Waals surface area contributed by atoms with Gasteiger partial charge in [0.05, 0.1) is 17.1 Å². The van der Waals surface area contributed by atoms with Crippen LogP contribution >= 0.6 is 0 Å². The van der Waals surface area contributed by atoms with Crippen LogP contribution in [0, 0.1) is 0 Å². The first-order chi connectivity index (χ1) is 12.8. The highest BCUT2D eigenvalue weighted by Gasteiger charge is 2.25. The van der Waals surface area contributed by atoms with E-state index in [1.807, 2.05) is 30.3 Å². The van der Waals surface area contributed by atoms with Crippen LogP contribution in [0.2, 0.25) is 0 Å². The third-order valence-corrected chi connectivity index (χ3v) is 5.52. The van der Waals surface area contributed by atoms with Gasteiger partial charge in [-0.1, -0.05) is 49.4 Å². The molecule has 1 aliphatic heterocycles. The van der Waals surface area contributed by atoms with Crippen molar-refractivity contribution in [2.75, 3.05) is 19.6 Å².